The highest BCUT2D eigenvalue weighted by Gasteiger charge is 2.33. The van der Waals surface area contributed by atoms with Gasteiger partial charge in [0.15, 0.2) is 0 Å². The zero-order valence-corrected chi connectivity index (χ0v) is 23.2. The highest BCUT2D eigenvalue weighted by atomic mass is 19.3. The summed E-state index contributed by atoms with van der Waals surface area (Å²) in [5.74, 6) is 2.92. The first-order valence-electron chi connectivity index (χ1n) is 15.2. The lowest BCUT2D eigenvalue weighted by Crippen LogP contribution is -2.20. The molecule has 0 aliphatic heterocycles. The minimum Gasteiger partial charge on any atom is -0.316 e. The van der Waals surface area contributed by atoms with Crippen LogP contribution in [0.3, 0.4) is 0 Å². The van der Waals surface area contributed by atoms with Gasteiger partial charge in [-0.2, -0.15) is 8.78 Å². The van der Waals surface area contributed by atoms with Crippen molar-refractivity contribution >= 4 is 0 Å². The van der Waals surface area contributed by atoms with Gasteiger partial charge >= 0.3 is 6.11 Å². The second-order valence-corrected chi connectivity index (χ2v) is 11.8. The average molecular weight is 511 g/mol. The molecular weight excluding hydrogens is 462 g/mol. The molecule has 2 aliphatic rings. The molecule has 0 spiro atoms. The first-order chi connectivity index (χ1) is 18.0. The van der Waals surface area contributed by atoms with Crippen LogP contribution in [-0.2, 0) is 17.3 Å². The zero-order chi connectivity index (χ0) is 26.1. The maximum absolute atomic E-state index is 14.7. The van der Waals surface area contributed by atoms with Crippen molar-refractivity contribution in [2.24, 2.45) is 11.8 Å². The molecule has 2 saturated carbocycles. The van der Waals surface area contributed by atoms with Crippen LogP contribution in [0.4, 0.5) is 8.78 Å². The topological polar surface area (TPSA) is 9.23 Å². The first-order valence-corrected chi connectivity index (χ1v) is 15.2. The van der Waals surface area contributed by atoms with E-state index in [0.29, 0.717) is 18.3 Å². The maximum atomic E-state index is 14.7. The van der Waals surface area contributed by atoms with Crippen molar-refractivity contribution in [3.8, 4) is 0 Å². The van der Waals surface area contributed by atoms with Crippen LogP contribution in [-0.4, -0.2) is 6.61 Å². The Morgan fingerprint density at radius 3 is 1.78 bits per heavy atom. The molecule has 0 radical (unpaired) electrons. The van der Waals surface area contributed by atoms with Gasteiger partial charge in [0.1, 0.15) is 0 Å². The van der Waals surface area contributed by atoms with Crippen LogP contribution < -0.4 is 0 Å². The van der Waals surface area contributed by atoms with Crippen LogP contribution in [0.1, 0.15) is 131 Å². The molecule has 2 aromatic rings. The summed E-state index contributed by atoms with van der Waals surface area (Å²) in [6.07, 6.45) is 14.0. The van der Waals surface area contributed by atoms with E-state index in [2.05, 4.69) is 38.1 Å². The van der Waals surface area contributed by atoms with Crippen LogP contribution >= 0.6 is 0 Å². The average Bonchev–Trinajstić information content (AvgIpc) is 2.94. The molecule has 1 nitrogen and oxygen atoms in total. The number of alkyl halides is 2. The Morgan fingerprint density at radius 2 is 1.24 bits per heavy atom. The van der Waals surface area contributed by atoms with Gasteiger partial charge in [-0.1, -0.05) is 94.5 Å². The van der Waals surface area contributed by atoms with Gasteiger partial charge in [-0.15, -0.1) is 0 Å². The number of hydrogen-bond acceptors (Lipinski definition) is 1. The molecule has 0 amide bonds. The molecule has 37 heavy (non-hydrogen) atoms. The zero-order valence-electron chi connectivity index (χ0n) is 23.2. The van der Waals surface area contributed by atoms with Gasteiger partial charge in [-0.3, -0.25) is 0 Å². The Morgan fingerprint density at radius 1 is 0.703 bits per heavy atom. The van der Waals surface area contributed by atoms with Crippen molar-refractivity contribution in [2.45, 2.75) is 122 Å². The summed E-state index contributed by atoms with van der Waals surface area (Å²) in [5, 5.41) is 0. The number of rotatable bonds is 12. The van der Waals surface area contributed by atoms with Gasteiger partial charge in [-0.05, 0) is 98.1 Å². The number of benzene rings is 2. The van der Waals surface area contributed by atoms with Gasteiger partial charge in [-0.25, -0.2) is 0 Å². The monoisotopic (exact) mass is 510 g/mol. The third kappa shape index (κ3) is 8.12. The van der Waals surface area contributed by atoms with Crippen molar-refractivity contribution in [3.63, 3.8) is 0 Å². The minimum atomic E-state index is -3.26. The normalized spacial score (nSPS) is 24.8. The summed E-state index contributed by atoms with van der Waals surface area (Å²) in [6.45, 7) is 4.55. The van der Waals surface area contributed by atoms with Gasteiger partial charge in [0.25, 0.3) is 0 Å². The molecule has 3 heteroatoms. The van der Waals surface area contributed by atoms with E-state index in [-0.39, 0.29) is 12.2 Å². The molecule has 0 atom stereocenters. The lowest BCUT2D eigenvalue weighted by molar-refractivity contribution is -0.248. The summed E-state index contributed by atoms with van der Waals surface area (Å²) in [5.41, 5.74) is 3.62. The lowest BCUT2D eigenvalue weighted by Gasteiger charge is -2.29. The van der Waals surface area contributed by atoms with Crippen molar-refractivity contribution in [3.05, 3.63) is 70.8 Å². The highest BCUT2D eigenvalue weighted by molar-refractivity contribution is 5.28. The molecule has 0 saturated heterocycles. The number of unbranched alkanes of at least 4 members (excludes halogenated alkanes) is 2. The third-order valence-corrected chi connectivity index (χ3v) is 9.33. The fourth-order valence-corrected chi connectivity index (χ4v) is 6.66. The van der Waals surface area contributed by atoms with Crippen LogP contribution in [0.2, 0.25) is 0 Å². The number of halogens is 2. The molecule has 2 fully saturated rings. The number of hydrogen-bond donors (Lipinski definition) is 0. The fourth-order valence-electron chi connectivity index (χ4n) is 6.66. The molecule has 4 rings (SSSR count). The van der Waals surface area contributed by atoms with Crippen molar-refractivity contribution in [2.75, 3.05) is 6.61 Å². The Hall–Kier alpha value is -1.74. The van der Waals surface area contributed by atoms with E-state index in [0.717, 1.165) is 17.4 Å². The SMILES string of the molecule is CCCCC[C@H]1CC[C@H](c2ccc(CCOC(F)(F)c3ccc([C@H]4CC[C@H](CC)CC4)cc3)cc2)CC1. The fraction of sp³-hybridized carbons (Fsp3) is 0.647. The van der Waals surface area contributed by atoms with Crippen molar-refractivity contribution in [1.29, 1.82) is 0 Å². The van der Waals surface area contributed by atoms with Crippen LogP contribution in [0.5, 0.6) is 0 Å². The smallest absolute Gasteiger partial charge is 0.316 e. The standard InChI is InChI=1S/C34H48F2O/c1-3-5-6-7-27-10-16-30(17-11-27)31-18-12-28(13-19-31)24-25-37-34(35,36)33-22-20-32(21-23-33)29-14-8-26(4-2)9-15-29/h12-13,18-23,26-27,29-30H,3-11,14-17,24-25H2,1-2H3/t26-,27-,29-,30-. The summed E-state index contributed by atoms with van der Waals surface area (Å²) >= 11 is 0. The lowest BCUT2D eigenvalue weighted by atomic mass is 9.77. The third-order valence-electron chi connectivity index (χ3n) is 9.33. The second-order valence-electron chi connectivity index (χ2n) is 11.8. The van der Waals surface area contributed by atoms with E-state index in [1.165, 1.54) is 94.6 Å². The predicted octanol–water partition coefficient (Wildman–Crippen LogP) is 10.5. The van der Waals surface area contributed by atoms with Gasteiger partial charge in [0, 0.05) is 0 Å². The van der Waals surface area contributed by atoms with Crippen molar-refractivity contribution in [1.82, 2.24) is 0 Å². The minimum absolute atomic E-state index is 0.0119. The van der Waals surface area contributed by atoms with E-state index in [1.54, 1.807) is 12.1 Å². The van der Waals surface area contributed by atoms with Crippen LogP contribution in [0.25, 0.3) is 0 Å². The highest BCUT2D eigenvalue weighted by Crippen LogP contribution is 2.39. The van der Waals surface area contributed by atoms with Gasteiger partial charge < -0.3 is 4.74 Å². The van der Waals surface area contributed by atoms with E-state index in [1.807, 2.05) is 12.1 Å². The van der Waals surface area contributed by atoms with Crippen molar-refractivity contribution < 1.29 is 13.5 Å². The molecule has 2 aliphatic carbocycles. The number of ether oxygens (including phenoxy) is 1. The Balaban J connectivity index is 1.20. The molecule has 0 bridgehead atoms. The predicted molar refractivity (Wildman–Crippen MR) is 150 cm³/mol. The van der Waals surface area contributed by atoms with Gasteiger partial charge in [0.2, 0.25) is 0 Å². The Labute approximate surface area is 224 Å². The first kappa shape index (κ1) is 28.3. The molecule has 2 aromatic carbocycles. The summed E-state index contributed by atoms with van der Waals surface area (Å²) < 4.78 is 34.6. The molecule has 0 unspecified atom stereocenters. The summed E-state index contributed by atoms with van der Waals surface area (Å²) in [6, 6.07) is 15.5. The Bertz CT molecular complexity index is 904. The largest absolute Gasteiger partial charge is 0.383 e. The van der Waals surface area contributed by atoms with E-state index >= 15 is 0 Å². The summed E-state index contributed by atoms with van der Waals surface area (Å²) in [4.78, 5) is 0. The Kier molecular flexibility index (Phi) is 10.6. The van der Waals surface area contributed by atoms with E-state index in [4.69, 9.17) is 4.74 Å². The summed E-state index contributed by atoms with van der Waals surface area (Å²) in [7, 11) is 0. The molecule has 204 valence electrons. The van der Waals surface area contributed by atoms with Crippen LogP contribution in [0.15, 0.2) is 48.5 Å². The molecule has 0 heterocycles. The molecule has 0 aromatic heterocycles. The van der Waals surface area contributed by atoms with Gasteiger partial charge in [0.05, 0.1) is 12.2 Å². The maximum Gasteiger partial charge on any atom is 0.383 e. The van der Waals surface area contributed by atoms with Crippen LogP contribution in [0, 0.1) is 11.8 Å². The molecular formula is C34H48F2O. The second kappa shape index (κ2) is 13.9. The van der Waals surface area contributed by atoms with E-state index < -0.39 is 6.11 Å². The quantitative estimate of drug-likeness (QED) is 0.258. The molecule has 0 N–H and O–H groups in total. The van der Waals surface area contributed by atoms with E-state index in [9.17, 15) is 8.78 Å².